The van der Waals surface area contributed by atoms with E-state index in [1.165, 1.54) is 0 Å². The molecule has 2 heterocycles. The molecule has 8 heteroatoms. The van der Waals surface area contributed by atoms with Crippen molar-refractivity contribution in [3.63, 3.8) is 0 Å². The van der Waals surface area contributed by atoms with Crippen LogP contribution >= 0.6 is 0 Å². The summed E-state index contributed by atoms with van der Waals surface area (Å²) >= 11 is 0. The second kappa shape index (κ2) is 7.12. The second-order valence-corrected chi connectivity index (χ2v) is 7.39. The van der Waals surface area contributed by atoms with Gasteiger partial charge in [0.25, 0.3) is 0 Å². The van der Waals surface area contributed by atoms with Gasteiger partial charge in [-0.1, -0.05) is 17.7 Å². The van der Waals surface area contributed by atoms with Crippen molar-refractivity contribution in [2.45, 2.75) is 25.2 Å². The van der Waals surface area contributed by atoms with E-state index in [0.717, 1.165) is 11.1 Å². The molecule has 0 amide bonds. The highest BCUT2D eigenvalue weighted by molar-refractivity contribution is 7.89. The monoisotopic (exact) mass is 358 g/mol. The molecule has 25 heavy (non-hydrogen) atoms. The summed E-state index contributed by atoms with van der Waals surface area (Å²) in [6.45, 7) is 3.87. The van der Waals surface area contributed by atoms with Gasteiger partial charge >= 0.3 is 0 Å². The average molecular weight is 358 g/mol. The van der Waals surface area contributed by atoms with E-state index in [2.05, 4.69) is 19.9 Å². The Balaban J connectivity index is 1.64. The number of pyridine rings is 1. The molecule has 0 spiro atoms. The molecular formula is C17H18N4O3S. The molecule has 1 N–H and O–H groups in total. The van der Waals surface area contributed by atoms with Gasteiger partial charge < -0.3 is 4.42 Å². The van der Waals surface area contributed by atoms with Gasteiger partial charge in [0.05, 0.1) is 10.5 Å². The van der Waals surface area contributed by atoms with E-state index in [4.69, 9.17) is 4.42 Å². The standard InChI is InChI=1S/C17H18N4O3S/c1-12-5-6-15(13(2)10-12)25(22,23)19-9-7-16-20-21-17(24-16)14-4-3-8-18-11-14/h3-6,8,10-11,19H,7,9H2,1-2H3. The third kappa shape index (κ3) is 4.09. The fraction of sp³-hybridized carbons (Fsp3) is 0.235. The minimum Gasteiger partial charge on any atom is -0.421 e. The van der Waals surface area contributed by atoms with E-state index in [1.807, 2.05) is 19.1 Å². The molecule has 7 nitrogen and oxygen atoms in total. The number of nitrogens with one attached hydrogen (secondary N) is 1. The number of aromatic nitrogens is 3. The van der Waals surface area contributed by atoms with Gasteiger partial charge in [-0.3, -0.25) is 4.98 Å². The van der Waals surface area contributed by atoms with Crippen molar-refractivity contribution in [1.82, 2.24) is 19.9 Å². The van der Waals surface area contributed by atoms with Crippen LogP contribution in [0.3, 0.4) is 0 Å². The van der Waals surface area contributed by atoms with Crippen LogP contribution in [0.1, 0.15) is 17.0 Å². The number of rotatable bonds is 6. The fourth-order valence-corrected chi connectivity index (χ4v) is 3.69. The quantitative estimate of drug-likeness (QED) is 0.726. The lowest BCUT2D eigenvalue weighted by Crippen LogP contribution is -2.26. The SMILES string of the molecule is Cc1ccc(S(=O)(=O)NCCc2nnc(-c3cccnc3)o2)c(C)c1. The molecule has 0 bridgehead atoms. The lowest BCUT2D eigenvalue weighted by molar-refractivity contribution is 0.501. The minimum atomic E-state index is -3.57. The molecule has 130 valence electrons. The van der Waals surface area contributed by atoms with Crippen molar-refractivity contribution in [1.29, 1.82) is 0 Å². The molecule has 0 saturated carbocycles. The predicted molar refractivity (Wildman–Crippen MR) is 92.3 cm³/mol. The van der Waals surface area contributed by atoms with Crippen molar-refractivity contribution in [3.8, 4) is 11.5 Å². The largest absolute Gasteiger partial charge is 0.421 e. The van der Waals surface area contributed by atoms with Crippen LogP contribution in [0.4, 0.5) is 0 Å². The van der Waals surface area contributed by atoms with Crippen LogP contribution in [0, 0.1) is 13.8 Å². The van der Waals surface area contributed by atoms with Crippen LogP contribution in [-0.2, 0) is 16.4 Å². The Hall–Kier alpha value is -2.58. The molecule has 0 saturated heterocycles. The Morgan fingerprint density at radius 2 is 2.00 bits per heavy atom. The molecule has 2 aromatic heterocycles. The molecule has 3 aromatic rings. The first-order valence-corrected chi connectivity index (χ1v) is 9.24. The first-order valence-electron chi connectivity index (χ1n) is 7.75. The van der Waals surface area contributed by atoms with Gasteiger partial charge in [0.2, 0.25) is 21.8 Å². The lowest BCUT2D eigenvalue weighted by Gasteiger charge is -2.09. The van der Waals surface area contributed by atoms with Crippen LogP contribution in [0.25, 0.3) is 11.5 Å². The first-order chi connectivity index (χ1) is 12.0. The van der Waals surface area contributed by atoms with Gasteiger partial charge in [0, 0.05) is 25.4 Å². The normalized spacial score (nSPS) is 11.6. The fourth-order valence-electron chi connectivity index (χ4n) is 2.43. The summed E-state index contributed by atoms with van der Waals surface area (Å²) in [5, 5.41) is 7.88. The predicted octanol–water partition coefficient (Wildman–Crippen LogP) is 2.27. The van der Waals surface area contributed by atoms with Crippen LogP contribution < -0.4 is 4.72 Å². The molecule has 1 aromatic carbocycles. The van der Waals surface area contributed by atoms with E-state index in [1.54, 1.807) is 37.5 Å². The number of hydrogen-bond acceptors (Lipinski definition) is 6. The number of hydrogen-bond donors (Lipinski definition) is 1. The Morgan fingerprint density at radius 1 is 1.16 bits per heavy atom. The van der Waals surface area contributed by atoms with E-state index in [0.29, 0.717) is 23.8 Å². The first kappa shape index (κ1) is 17.2. The summed E-state index contributed by atoms with van der Waals surface area (Å²) < 4.78 is 32.9. The van der Waals surface area contributed by atoms with Crippen molar-refractivity contribution in [2.75, 3.05) is 6.54 Å². The summed E-state index contributed by atoms with van der Waals surface area (Å²) in [5.41, 5.74) is 2.45. The zero-order chi connectivity index (χ0) is 17.9. The van der Waals surface area contributed by atoms with Crippen LogP contribution in [0.5, 0.6) is 0 Å². The molecule has 0 aliphatic heterocycles. The van der Waals surface area contributed by atoms with Gasteiger partial charge in [-0.25, -0.2) is 13.1 Å². The van der Waals surface area contributed by atoms with E-state index >= 15 is 0 Å². The Bertz CT molecular complexity index is 969. The van der Waals surface area contributed by atoms with Gasteiger partial charge in [-0.05, 0) is 37.6 Å². The van der Waals surface area contributed by atoms with Gasteiger partial charge in [0.15, 0.2) is 0 Å². The molecule has 0 atom stereocenters. The smallest absolute Gasteiger partial charge is 0.249 e. The maximum atomic E-state index is 12.4. The lowest BCUT2D eigenvalue weighted by atomic mass is 10.2. The van der Waals surface area contributed by atoms with Gasteiger partial charge in [-0.15, -0.1) is 10.2 Å². The summed E-state index contributed by atoms with van der Waals surface area (Å²) in [5.74, 6) is 0.725. The number of benzene rings is 1. The topological polar surface area (TPSA) is 98.0 Å². The summed E-state index contributed by atoms with van der Waals surface area (Å²) in [7, 11) is -3.57. The number of nitrogens with zero attached hydrogens (tertiary/aromatic N) is 3. The maximum Gasteiger partial charge on any atom is 0.249 e. The van der Waals surface area contributed by atoms with Crippen LogP contribution in [0.15, 0.2) is 52.0 Å². The molecule has 0 aliphatic carbocycles. The van der Waals surface area contributed by atoms with Gasteiger partial charge in [0.1, 0.15) is 0 Å². The van der Waals surface area contributed by atoms with E-state index in [-0.39, 0.29) is 11.4 Å². The summed E-state index contributed by atoms with van der Waals surface area (Å²) in [6, 6.07) is 8.82. The second-order valence-electron chi connectivity index (χ2n) is 5.66. The zero-order valence-corrected chi connectivity index (χ0v) is 14.7. The van der Waals surface area contributed by atoms with E-state index < -0.39 is 10.0 Å². The Kier molecular flexibility index (Phi) is 4.91. The van der Waals surface area contributed by atoms with Crippen molar-refractivity contribution in [2.24, 2.45) is 0 Å². The summed E-state index contributed by atoms with van der Waals surface area (Å²) in [6.07, 6.45) is 3.58. The third-order valence-corrected chi connectivity index (χ3v) is 5.25. The molecule has 0 radical (unpaired) electrons. The summed E-state index contributed by atoms with van der Waals surface area (Å²) in [4.78, 5) is 4.27. The molecule has 0 fully saturated rings. The Labute approximate surface area is 146 Å². The van der Waals surface area contributed by atoms with Crippen LogP contribution in [0.2, 0.25) is 0 Å². The molecule has 3 rings (SSSR count). The average Bonchev–Trinajstić information content (AvgIpc) is 3.04. The highest BCUT2D eigenvalue weighted by Crippen LogP contribution is 2.17. The third-order valence-electron chi connectivity index (χ3n) is 3.63. The Morgan fingerprint density at radius 3 is 2.72 bits per heavy atom. The minimum absolute atomic E-state index is 0.171. The number of aryl methyl sites for hydroxylation is 2. The van der Waals surface area contributed by atoms with Gasteiger partial charge in [-0.2, -0.15) is 0 Å². The van der Waals surface area contributed by atoms with E-state index in [9.17, 15) is 8.42 Å². The van der Waals surface area contributed by atoms with Crippen molar-refractivity contribution in [3.05, 3.63) is 59.7 Å². The molecule has 0 unspecified atom stereocenters. The van der Waals surface area contributed by atoms with Crippen molar-refractivity contribution < 1.29 is 12.8 Å². The van der Waals surface area contributed by atoms with Crippen LogP contribution in [-0.4, -0.2) is 30.1 Å². The highest BCUT2D eigenvalue weighted by atomic mass is 32.2. The maximum absolute atomic E-state index is 12.4. The zero-order valence-electron chi connectivity index (χ0n) is 13.9. The molecule has 0 aliphatic rings. The highest BCUT2D eigenvalue weighted by Gasteiger charge is 2.17. The molecular weight excluding hydrogens is 340 g/mol. The van der Waals surface area contributed by atoms with Crippen molar-refractivity contribution >= 4 is 10.0 Å². The number of sulfonamides is 1.